The predicted molar refractivity (Wildman–Crippen MR) is 273 cm³/mol. The van der Waals surface area contributed by atoms with E-state index in [9.17, 15) is 0 Å². The van der Waals surface area contributed by atoms with Gasteiger partial charge in [0.1, 0.15) is 0 Å². The minimum Gasteiger partial charge on any atom is -0.309 e. The van der Waals surface area contributed by atoms with Gasteiger partial charge >= 0.3 is 0 Å². The molecule has 0 atom stereocenters. The second-order valence-corrected chi connectivity index (χ2v) is 20.7. The first-order valence-corrected chi connectivity index (χ1v) is 24.1. The van der Waals surface area contributed by atoms with Crippen LogP contribution in [0.3, 0.4) is 0 Å². The molecule has 3 aromatic heterocycles. The highest BCUT2D eigenvalue weighted by atomic mass is 28.3. The molecule has 0 aliphatic heterocycles. The molecule has 3 nitrogen and oxygen atoms in total. The summed E-state index contributed by atoms with van der Waals surface area (Å²) < 4.78 is 7.45. The molecular weight excluding hydrogens is 791 g/mol. The molecule has 64 heavy (non-hydrogen) atoms. The average Bonchev–Trinajstić information content (AvgIpc) is 4.01. The van der Waals surface area contributed by atoms with Crippen molar-refractivity contribution in [1.29, 1.82) is 0 Å². The van der Waals surface area contributed by atoms with Crippen LogP contribution in [0.4, 0.5) is 0 Å². The molecule has 0 aliphatic rings. The Bertz CT molecular complexity index is 3620. The summed E-state index contributed by atoms with van der Waals surface area (Å²) in [7, 11) is -3.19. The number of fused-ring (bicyclic) bond motifs is 9. The fourth-order valence-electron chi connectivity index (χ4n) is 10.9. The van der Waals surface area contributed by atoms with Crippen LogP contribution in [-0.2, 0) is 0 Å². The van der Waals surface area contributed by atoms with E-state index in [1.807, 2.05) is 0 Å². The van der Waals surface area contributed by atoms with E-state index in [0.717, 1.165) is 17.1 Å². The summed E-state index contributed by atoms with van der Waals surface area (Å²) in [5, 5.41) is 12.8. The maximum absolute atomic E-state index is 3.19. The highest BCUT2D eigenvalue weighted by Crippen LogP contribution is 2.37. The fourth-order valence-corrected chi connectivity index (χ4v) is 15.7. The number of rotatable bonds is 7. The Morgan fingerprint density at radius 3 is 0.938 bits per heavy atom. The molecule has 300 valence electrons. The zero-order valence-corrected chi connectivity index (χ0v) is 36.0. The lowest BCUT2D eigenvalue weighted by molar-refractivity contribution is 1.14. The van der Waals surface area contributed by atoms with E-state index < -0.39 is 8.07 Å². The molecule has 0 N–H and O–H groups in total. The monoisotopic (exact) mass is 831 g/mol. The van der Waals surface area contributed by atoms with Crippen LogP contribution in [0.25, 0.3) is 82.5 Å². The quantitative estimate of drug-likeness (QED) is 0.112. The molecule has 0 bridgehead atoms. The van der Waals surface area contributed by atoms with Crippen LogP contribution in [0.2, 0.25) is 0 Å². The van der Waals surface area contributed by atoms with Gasteiger partial charge in [-0.05, 0) is 87.5 Å². The SMILES string of the molecule is c1ccc(-n2c3ccccc3c3ccc([Si](c4ccccc4)(c4ccccc4)c4cc(-n5c6ccccc6c6ccccc65)cc(-n5c6ccccc6c6ccccc65)c4)cc32)cc1. The first-order chi connectivity index (χ1) is 31.8. The van der Waals surface area contributed by atoms with Crippen molar-refractivity contribution in [2.45, 2.75) is 0 Å². The zero-order chi connectivity index (χ0) is 42.2. The third kappa shape index (κ3) is 5.33. The Kier molecular flexibility index (Phi) is 8.23. The van der Waals surface area contributed by atoms with E-state index >= 15 is 0 Å². The number of para-hydroxylation sites is 6. The molecule has 0 spiro atoms. The molecule has 13 aromatic rings. The van der Waals surface area contributed by atoms with Crippen LogP contribution in [0.1, 0.15) is 0 Å². The molecule has 0 unspecified atom stereocenters. The van der Waals surface area contributed by atoms with Gasteiger partial charge in [0.2, 0.25) is 0 Å². The molecule has 4 heteroatoms. The second-order valence-electron chi connectivity index (χ2n) is 16.9. The van der Waals surface area contributed by atoms with Crippen molar-refractivity contribution in [3.8, 4) is 17.1 Å². The summed E-state index contributed by atoms with van der Waals surface area (Å²) >= 11 is 0. The highest BCUT2D eigenvalue weighted by molar-refractivity contribution is 7.20. The highest BCUT2D eigenvalue weighted by Gasteiger charge is 2.42. The number of benzene rings is 10. The standard InChI is InChI=1S/C60H41N3Si/c1-4-20-42(21-5-1)61-55-31-15-14-30-53(55)54-37-36-47(41-60(54)61)64(45-22-6-2-7-23-45,46-24-8-3-9-25-46)48-39-43(62-56-32-16-10-26-49(56)50-27-11-17-33-57(50)62)38-44(40-48)63-58-34-18-12-28-51(58)52-29-13-19-35-59(52)63/h1-41H. The number of aromatic nitrogens is 3. The third-order valence-electron chi connectivity index (χ3n) is 13.5. The summed E-state index contributed by atoms with van der Waals surface area (Å²) in [5.74, 6) is 0. The molecule has 0 amide bonds. The van der Waals surface area contributed by atoms with E-state index in [1.165, 1.54) is 86.2 Å². The van der Waals surface area contributed by atoms with Gasteiger partial charge in [-0.2, -0.15) is 0 Å². The average molecular weight is 832 g/mol. The molecule has 3 heterocycles. The van der Waals surface area contributed by atoms with Crippen LogP contribution in [0, 0.1) is 0 Å². The zero-order valence-electron chi connectivity index (χ0n) is 35.0. The van der Waals surface area contributed by atoms with E-state index in [4.69, 9.17) is 0 Å². The molecule has 0 aliphatic carbocycles. The van der Waals surface area contributed by atoms with Crippen molar-refractivity contribution >= 4 is 94.2 Å². The Morgan fingerprint density at radius 1 is 0.203 bits per heavy atom. The molecular formula is C60H41N3Si. The Labute approximate surface area is 372 Å². The third-order valence-corrected chi connectivity index (χ3v) is 18.3. The van der Waals surface area contributed by atoms with E-state index in [2.05, 4.69) is 262 Å². The van der Waals surface area contributed by atoms with Gasteiger partial charge < -0.3 is 13.7 Å². The van der Waals surface area contributed by atoms with Gasteiger partial charge in [0.15, 0.2) is 8.07 Å². The largest absolute Gasteiger partial charge is 0.309 e. The summed E-state index contributed by atoms with van der Waals surface area (Å²) in [4.78, 5) is 0. The molecule has 0 saturated carbocycles. The normalized spacial score (nSPS) is 12.1. The van der Waals surface area contributed by atoms with Crippen molar-refractivity contribution in [1.82, 2.24) is 13.7 Å². The van der Waals surface area contributed by atoms with Crippen LogP contribution in [-0.4, -0.2) is 21.8 Å². The number of hydrogen-bond acceptors (Lipinski definition) is 0. The molecule has 0 saturated heterocycles. The van der Waals surface area contributed by atoms with Crippen LogP contribution >= 0.6 is 0 Å². The van der Waals surface area contributed by atoms with Gasteiger partial charge in [0.05, 0.1) is 33.1 Å². The Balaban J connectivity index is 1.22. The maximum Gasteiger partial charge on any atom is 0.179 e. The summed E-state index contributed by atoms with van der Waals surface area (Å²) in [6, 6.07) is 92.7. The minimum absolute atomic E-state index is 1.13. The molecule has 10 aromatic carbocycles. The Morgan fingerprint density at radius 2 is 0.531 bits per heavy atom. The van der Waals surface area contributed by atoms with Crippen molar-refractivity contribution in [3.63, 3.8) is 0 Å². The predicted octanol–water partition coefficient (Wildman–Crippen LogP) is 12.4. The maximum atomic E-state index is 2.53. The molecule has 13 rings (SSSR count). The summed E-state index contributed by atoms with van der Waals surface area (Å²) in [6.45, 7) is 0. The lowest BCUT2D eigenvalue weighted by Gasteiger charge is -2.35. The van der Waals surface area contributed by atoms with Gasteiger partial charge in [0.25, 0.3) is 0 Å². The first-order valence-electron chi connectivity index (χ1n) is 22.1. The lowest BCUT2D eigenvalue weighted by Crippen LogP contribution is -2.74. The topological polar surface area (TPSA) is 14.8 Å². The van der Waals surface area contributed by atoms with Crippen molar-refractivity contribution in [2.75, 3.05) is 0 Å². The Hall–Kier alpha value is -8.18. The van der Waals surface area contributed by atoms with Crippen LogP contribution < -0.4 is 20.7 Å². The van der Waals surface area contributed by atoms with Gasteiger partial charge in [-0.1, -0.05) is 182 Å². The molecule has 0 fully saturated rings. The number of nitrogens with zero attached hydrogens (tertiary/aromatic N) is 3. The van der Waals surface area contributed by atoms with Crippen molar-refractivity contribution < 1.29 is 0 Å². The van der Waals surface area contributed by atoms with Gasteiger partial charge in [-0.25, -0.2) is 0 Å². The van der Waals surface area contributed by atoms with E-state index in [1.54, 1.807) is 0 Å². The van der Waals surface area contributed by atoms with Crippen LogP contribution in [0.15, 0.2) is 249 Å². The van der Waals surface area contributed by atoms with Crippen molar-refractivity contribution in [2.24, 2.45) is 0 Å². The van der Waals surface area contributed by atoms with Crippen LogP contribution in [0.5, 0.6) is 0 Å². The second kappa shape index (κ2) is 14.5. The minimum atomic E-state index is -3.19. The smallest absolute Gasteiger partial charge is 0.179 e. The van der Waals surface area contributed by atoms with Gasteiger partial charge in [-0.3, -0.25) is 0 Å². The summed E-state index contributed by atoms with van der Waals surface area (Å²) in [6.07, 6.45) is 0. The summed E-state index contributed by atoms with van der Waals surface area (Å²) in [5.41, 5.74) is 10.6. The van der Waals surface area contributed by atoms with E-state index in [-0.39, 0.29) is 0 Å². The van der Waals surface area contributed by atoms with E-state index in [0.29, 0.717) is 0 Å². The lowest BCUT2D eigenvalue weighted by atomic mass is 10.1. The fraction of sp³-hybridized carbons (Fsp3) is 0. The van der Waals surface area contributed by atoms with Gasteiger partial charge in [-0.15, -0.1) is 0 Å². The number of hydrogen-bond donors (Lipinski definition) is 0. The van der Waals surface area contributed by atoms with Crippen molar-refractivity contribution in [3.05, 3.63) is 249 Å². The van der Waals surface area contributed by atoms with Gasteiger partial charge in [0, 0.05) is 49.4 Å². The molecule has 0 radical (unpaired) electrons. The first kappa shape index (κ1) is 36.5.